The predicted octanol–water partition coefficient (Wildman–Crippen LogP) is 3.84. The summed E-state index contributed by atoms with van der Waals surface area (Å²) in [7, 11) is 1.54. The second-order valence-electron chi connectivity index (χ2n) is 8.71. The summed E-state index contributed by atoms with van der Waals surface area (Å²) in [5.74, 6) is -0.361. The molecule has 0 radical (unpaired) electrons. The van der Waals surface area contributed by atoms with E-state index in [1.807, 2.05) is 0 Å². The molecule has 0 aliphatic rings. The third-order valence-electron chi connectivity index (χ3n) is 4.83. The molecule has 0 saturated carbocycles. The number of alkyl carbamates (subject to hydrolysis) is 1. The van der Waals surface area contributed by atoms with Crippen molar-refractivity contribution >= 4 is 23.6 Å². The number of rotatable bonds is 8. The number of aromatic hydroxyl groups is 1. The molecule has 9 nitrogen and oxygen atoms in total. The first-order valence-electron chi connectivity index (χ1n) is 11.0. The van der Waals surface area contributed by atoms with Gasteiger partial charge in [-0.3, -0.25) is 9.59 Å². The van der Waals surface area contributed by atoms with Gasteiger partial charge in [-0.1, -0.05) is 12.1 Å². The van der Waals surface area contributed by atoms with Gasteiger partial charge in [0.25, 0.3) is 5.91 Å². The van der Waals surface area contributed by atoms with E-state index < -0.39 is 35.6 Å². The molecule has 0 aliphatic carbocycles. The van der Waals surface area contributed by atoms with Gasteiger partial charge in [0, 0.05) is 12.2 Å². The number of phenols is 1. The van der Waals surface area contributed by atoms with Gasteiger partial charge < -0.3 is 30.1 Å². The van der Waals surface area contributed by atoms with Crippen LogP contribution < -0.4 is 15.4 Å². The van der Waals surface area contributed by atoms with Crippen molar-refractivity contribution in [2.45, 2.75) is 52.3 Å². The summed E-state index contributed by atoms with van der Waals surface area (Å²) in [6.07, 6.45) is -0.735. The highest BCUT2D eigenvalue weighted by molar-refractivity contribution is 5.99. The molecule has 0 spiro atoms. The first-order chi connectivity index (χ1) is 15.9. The molecule has 0 bridgehead atoms. The van der Waals surface area contributed by atoms with Crippen LogP contribution in [0.5, 0.6) is 11.5 Å². The molecule has 0 fully saturated rings. The molecule has 34 heavy (non-hydrogen) atoms. The van der Waals surface area contributed by atoms with E-state index in [0.29, 0.717) is 17.0 Å². The number of methoxy groups -OCH3 is 1. The zero-order valence-corrected chi connectivity index (χ0v) is 20.4. The van der Waals surface area contributed by atoms with E-state index in [1.54, 1.807) is 71.2 Å². The van der Waals surface area contributed by atoms with Crippen molar-refractivity contribution in [3.8, 4) is 11.5 Å². The monoisotopic (exact) mass is 471 g/mol. The van der Waals surface area contributed by atoms with Gasteiger partial charge in [0.05, 0.1) is 7.11 Å². The summed E-state index contributed by atoms with van der Waals surface area (Å²) in [5.41, 5.74) is 0.213. The molecule has 2 aromatic rings. The smallest absolute Gasteiger partial charge is 0.408 e. The lowest BCUT2D eigenvalue weighted by Crippen LogP contribution is -2.51. The third-order valence-corrected chi connectivity index (χ3v) is 4.83. The van der Waals surface area contributed by atoms with Gasteiger partial charge in [-0.05, 0) is 76.6 Å². The number of amides is 3. The summed E-state index contributed by atoms with van der Waals surface area (Å²) in [6, 6.07) is 10.9. The molecular weight excluding hydrogens is 438 g/mol. The standard InChI is InChI=1S/C25H33N3O6/c1-7-28(23(31)16(2)26-24(32)34-25(3,4)5)21(17-9-8-10-19(29)15-17)22(30)27-18-11-13-20(33-6)14-12-18/h8-16,21,29H,7H2,1-6H3,(H,26,32)(H,27,30). The molecule has 3 amide bonds. The van der Waals surface area contributed by atoms with Gasteiger partial charge in [-0.15, -0.1) is 0 Å². The summed E-state index contributed by atoms with van der Waals surface area (Å²) in [4.78, 5) is 40.2. The van der Waals surface area contributed by atoms with E-state index >= 15 is 0 Å². The van der Waals surface area contributed by atoms with Crippen molar-refractivity contribution in [2.75, 3.05) is 19.0 Å². The van der Waals surface area contributed by atoms with Gasteiger partial charge in [-0.25, -0.2) is 4.79 Å². The van der Waals surface area contributed by atoms with Crippen molar-refractivity contribution < 1.29 is 29.0 Å². The number of benzene rings is 2. The van der Waals surface area contributed by atoms with Crippen LogP contribution in [0.25, 0.3) is 0 Å². The Bertz CT molecular complexity index is 1000. The van der Waals surface area contributed by atoms with Gasteiger partial charge in [0.1, 0.15) is 29.2 Å². The summed E-state index contributed by atoms with van der Waals surface area (Å²) in [5, 5.41) is 15.3. The molecule has 2 atom stereocenters. The summed E-state index contributed by atoms with van der Waals surface area (Å²) < 4.78 is 10.4. The van der Waals surface area contributed by atoms with Crippen LogP contribution in [-0.4, -0.2) is 53.2 Å². The number of carbonyl (C=O) groups excluding carboxylic acids is 3. The number of hydrogen-bond donors (Lipinski definition) is 3. The van der Waals surface area contributed by atoms with Gasteiger partial charge in [0.15, 0.2) is 0 Å². The second kappa shape index (κ2) is 11.4. The average Bonchev–Trinajstić information content (AvgIpc) is 2.75. The molecule has 0 heterocycles. The summed E-state index contributed by atoms with van der Waals surface area (Å²) in [6.45, 7) is 8.59. The van der Waals surface area contributed by atoms with Crippen LogP contribution in [0.1, 0.15) is 46.2 Å². The highest BCUT2D eigenvalue weighted by atomic mass is 16.6. The average molecular weight is 472 g/mol. The molecule has 9 heteroatoms. The lowest BCUT2D eigenvalue weighted by Gasteiger charge is -2.32. The Kier molecular flexibility index (Phi) is 8.89. The second-order valence-corrected chi connectivity index (χ2v) is 8.71. The Labute approximate surface area is 200 Å². The van der Waals surface area contributed by atoms with E-state index in [4.69, 9.17) is 9.47 Å². The minimum atomic E-state index is -1.06. The van der Waals surface area contributed by atoms with Crippen LogP contribution in [0.15, 0.2) is 48.5 Å². The van der Waals surface area contributed by atoms with E-state index in [1.165, 1.54) is 24.0 Å². The summed E-state index contributed by atoms with van der Waals surface area (Å²) >= 11 is 0. The lowest BCUT2D eigenvalue weighted by molar-refractivity contribution is -0.140. The van der Waals surface area contributed by atoms with Crippen LogP contribution in [0.2, 0.25) is 0 Å². The maximum absolute atomic E-state index is 13.4. The number of nitrogens with zero attached hydrogens (tertiary/aromatic N) is 1. The Balaban J connectivity index is 2.32. The Morgan fingerprint density at radius 1 is 1.09 bits per heavy atom. The molecule has 0 saturated heterocycles. The molecule has 2 aromatic carbocycles. The zero-order chi connectivity index (χ0) is 25.5. The SMILES string of the molecule is CCN(C(=O)C(C)NC(=O)OC(C)(C)C)C(C(=O)Nc1ccc(OC)cc1)c1cccc(O)c1. The minimum absolute atomic E-state index is 0.0387. The first kappa shape index (κ1) is 26.5. The Morgan fingerprint density at radius 2 is 1.74 bits per heavy atom. The third kappa shape index (κ3) is 7.40. The number of carbonyl (C=O) groups is 3. The van der Waals surface area contributed by atoms with E-state index in [9.17, 15) is 19.5 Å². The van der Waals surface area contributed by atoms with Crippen LogP contribution in [0, 0.1) is 0 Å². The molecule has 0 aliphatic heterocycles. The van der Waals surface area contributed by atoms with Crippen molar-refractivity contribution in [1.82, 2.24) is 10.2 Å². The van der Waals surface area contributed by atoms with Crippen LogP contribution >= 0.6 is 0 Å². The number of phenolic OH excluding ortho intramolecular Hbond substituents is 1. The highest BCUT2D eigenvalue weighted by Gasteiger charge is 2.34. The van der Waals surface area contributed by atoms with Crippen LogP contribution in [0.4, 0.5) is 10.5 Å². The number of likely N-dealkylation sites (N-methyl/N-ethyl adjacent to an activating group) is 1. The van der Waals surface area contributed by atoms with Gasteiger partial charge in [-0.2, -0.15) is 0 Å². The molecule has 2 rings (SSSR count). The van der Waals surface area contributed by atoms with Crippen molar-refractivity contribution in [1.29, 1.82) is 0 Å². The quantitative estimate of drug-likeness (QED) is 0.539. The zero-order valence-electron chi connectivity index (χ0n) is 20.4. The number of nitrogens with one attached hydrogen (secondary N) is 2. The number of anilines is 1. The maximum Gasteiger partial charge on any atom is 0.408 e. The van der Waals surface area contributed by atoms with E-state index in [-0.39, 0.29) is 12.3 Å². The predicted molar refractivity (Wildman–Crippen MR) is 129 cm³/mol. The van der Waals surface area contributed by atoms with Crippen molar-refractivity contribution in [3.63, 3.8) is 0 Å². The highest BCUT2D eigenvalue weighted by Crippen LogP contribution is 2.27. The van der Waals surface area contributed by atoms with Crippen LogP contribution in [-0.2, 0) is 14.3 Å². The molecule has 0 aromatic heterocycles. The van der Waals surface area contributed by atoms with Gasteiger partial charge >= 0.3 is 6.09 Å². The molecule has 2 unspecified atom stereocenters. The van der Waals surface area contributed by atoms with E-state index in [0.717, 1.165) is 0 Å². The van der Waals surface area contributed by atoms with Gasteiger partial charge in [0.2, 0.25) is 5.91 Å². The minimum Gasteiger partial charge on any atom is -0.508 e. The maximum atomic E-state index is 13.4. The molecule has 3 N–H and O–H groups in total. The topological polar surface area (TPSA) is 117 Å². The normalized spacial score (nSPS) is 12.8. The first-order valence-corrected chi connectivity index (χ1v) is 11.0. The Morgan fingerprint density at radius 3 is 2.26 bits per heavy atom. The molecule has 184 valence electrons. The lowest BCUT2D eigenvalue weighted by atomic mass is 10.0. The fourth-order valence-corrected chi connectivity index (χ4v) is 3.31. The number of hydrogen-bond acceptors (Lipinski definition) is 6. The molecular formula is C25H33N3O6. The van der Waals surface area contributed by atoms with E-state index in [2.05, 4.69) is 10.6 Å². The van der Waals surface area contributed by atoms with Crippen molar-refractivity contribution in [2.24, 2.45) is 0 Å². The largest absolute Gasteiger partial charge is 0.508 e. The Hall–Kier alpha value is -3.75. The number of ether oxygens (including phenoxy) is 2. The van der Waals surface area contributed by atoms with Crippen molar-refractivity contribution in [3.05, 3.63) is 54.1 Å². The van der Waals surface area contributed by atoms with Crippen LogP contribution in [0.3, 0.4) is 0 Å². The fourth-order valence-electron chi connectivity index (χ4n) is 3.31. The fraction of sp³-hybridized carbons (Fsp3) is 0.400.